The molecule has 1 aliphatic carbocycles. The molecule has 1 aromatic heterocycles. The van der Waals surface area contributed by atoms with Crippen molar-refractivity contribution in [3.05, 3.63) is 46.3 Å². The molecule has 2 aromatic rings. The topological polar surface area (TPSA) is 52.0 Å². The number of benzene rings is 1. The van der Waals surface area contributed by atoms with E-state index in [1.807, 2.05) is 0 Å². The fourth-order valence-corrected chi connectivity index (χ4v) is 3.11. The smallest absolute Gasteiger partial charge is 0.147 e. The van der Waals surface area contributed by atoms with Crippen LogP contribution in [0.1, 0.15) is 40.3 Å². The lowest BCUT2D eigenvalue weighted by molar-refractivity contribution is 0.399. The first-order valence-electron chi connectivity index (χ1n) is 6.44. The third-order valence-corrected chi connectivity index (χ3v) is 3.93. The van der Waals surface area contributed by atoms with Crippen LogP contribution >= 0.6 is 0 Å². The summed E-state index contributed by atoms with van der Waals surface area (Å²) in [6.07, 6.45) is 4.77. The van der Waals surface area contributed by atoms with Gasteiger partial charge in [-0.05, 0) is 49.8 Å². The zero-order chi connectivity index (χ0) is 12.7. The van der Waals surface area contributed by atoms with Crippen LogP contribution in [-0.4, -0.2) is 5.16 Å². The summed E-state index contributed by atoms with van der Waals surface area (Å²) in [5.41, 5.74) is 13.2. The summed E-state index contributed by atoms with van der Waals surface area (Å²) in [4.78, 5) is 0. The predicted molar refractivity (Wildman–Crippen MR) is 71.6 cm³/mol. The maximum absolute atomic E-state index is 5.89. The molecular weight excluding hydrogens is 224 g/mol. The van der Waals surface area contributed by atoms with Crippen LogP contribution < -0.4 is 5.73 Å². The van der Waals surface area contributed by atoms with Gasteiger partial charge in [-0.1, -0.05) is 22.9 Å². The molecule has 18 heavy (non-hydrogen) atoms. The molecule has 0 radical (unpaired) electrons. The second-order valence-electron chi connectivity index (χ2n) is 5.31. The van der Waals surface area contributed by atoms with Gasteiger partial charge in [0.2, 0.25) is 0 Å². The number of nitrogens with zero attached hydrogens (tertiary/aromatic N) is 1. The van der Waals surface area contributed by atoms with Crippen molar-refractivity contribution in [1.29, 1.82) is 0 Å². The van der Waals surface area contributed by atoms with Gasteiger partial charge in [0.15, 0.2) is 0 Å². The lowest BCUT2D eigenvalue weighted by atomic mass is 9.79. The summed E-state index contributed by atoms with van der Waals surface area (Å²) in [5, 5.41) is 4.06. The molecule has 0 saturated carbocycles. The lowest BCUT2D eigenvalue weighted by Crippen LogP contribution is -2.15. The first-order valence-corrected chi connectivity index (χ1v) is 6.44. The molecule has 1 unspecified atom stereocenters. The summed E-state index contributed by atoms with van der Waals surface area (Å²) in [5.74, 6) is 0.400. The minimum atomic E-state index is 0.400. The Bertz CT molecular complexity index is 586. The molecule has 1 atom stereocenters. The molecule has 2 N–H and O–H groups in total. The number of nitrogen functional groups attached to an aromatic ring is 1. The van der Waals surface area contributed by atoms with Gasteiger partial charge in [-0.3, -0.25) is 0 Å². The summed E-state index contributed by atoms with van der Waals surface area (Å²) in [7, 11) is 0. The van der Waals surface area contributed by atoms with Crippen LogP contribution in [0.5, 0.6) is 0 Å². The van der Waals surface area contributed by atoms with Crippen molar-refractivity contribution in [2.45, 2.75) is 39.0 Å². The normalized spacial score (nSPS) is 18.7. The average Bonchev–Trinajstić information content (AvgIpc) is 2.74. The number of aromatic nitrogens is 1. The van der Waals surface area contributed by atoms with E-state index in [0.717, 1.165) is 25.0 Å². The van der Waals surface area contributed by atoms with E-state index < -0.39 is 0 Å². The highest BCUT2D eigenvalue weighted by atomic mass is 16.5. The average molecular weight is 242 g/mol. The zero-order valence-corrected chi connectivity index (χ0v) is 10.9. The highest BCUT2D eigenvalue weighted by Crippen LogP contribution is 2.35. The van der Waals surface area contributed by atoms with E-state index in [-0.39, 0.29) is 0 Å². The van der Waals surface area contributed by atoms with Crippen LogP contribution in [-0.2, 0) is 12.8 Å². The number of hydrogen-bond donors (Lipinski definition) is 1. The van der Waals surface area contributed by atoms with Crippen LogP contribution in [0, 0.1) is 13.8 Å². The van der Waals surface area contributed by atoms with E-state index in [1.165, 1.54) is 28.5 Å². The summed E-state index contributed by atoms with van der Waals surface area (Å²) < 4.78 is 4.96. The Hall–Kier alpha value is -1.77. The molecule has 0 spiro atoms. The standard InChI is InChI=1S/C15H18N2O/c1-9-5-10(2)13-4-3-11(7-12(13)6-9)15-14(16)8-18-17-15/h5-6,8,11H,3-4,7,16H2,1-2H3. The Balaban J connectivity index is 1.96. The molecule has 3 rings (SSSR count). The third kappa shape index (κ3) is 1.80. The van der Waals surface area contributed by atoms with Gasteiger partial charge in [0.1, 0.15) is 12.0 Å². The number of fused-ring (bicyclic) bond motifs is 1. The molecule has 94 valence electrons. The molecule has 0 amide bonds. The van der Waals surface area contributed by atoms with Crippen molar-refractivity contribution >= 4 is 5.69 Å². The predicted octanol–water partition coefficient (Wildman–Crippen LogP) is 3.15. The number of hydrogen-bond acceptors (Lipinski definition) is 3. The number of anilines is 1. The Morgan fingerprint density at radius 3 is 2.89 bits per heavy atom. The fraction of sp³-hybridized carbons (Fsp3) is 0.400. The second kappa shape index (κ2) is 4.16. The Kier molecular flexibility index (Phi) is 2.62. The Labute approximate surface area is 107 Å². The van der Waals surface area contributed by atoms with Gasteiger partial charge in [0, 0.05) is 5.92 Å². The first kappa shape index (κ1) is 11.3. The second-order valence-corrected chi connectivity index (χ2v) is 5.31. The zero-order valence-electron chi connectivity index (χ0n) is 10.9. The molecule has 0 saturated heterocycles. The maximum Gasteiger partial charge on any atom is 0.147 e. The molecule has 1 heterocycles. The van der Waals surface area contributed by atoms with Gasteiger partial charge < -0.3 is 10.3 Å². The van der Waals surface area contributed by atoms with Crippen molar-refractivity contribution < 1.29 is 4.52 Å². The van der Waals surface area contributed by atoms with Crippen LogP contribution in [0.25, 0.3) is 0 Å². The van der Waals surface area contributed by atoms with Gasteiger partial charge >= 0.3 is 0 Å². The van der Waals surface area contributed by atoms with Crippen LogP contribution in [0.15, 0.2) is 22.9 Å². The van der Waals surface area contributed by atoms with E-state index in [1.54, 1.807) is 0 Å². The van der Waals surface area contributed by atoms with E-state index >= 15 is 0 Å². The summed E-state index contributed by atoms with van der Waals surface area (Å²) in [6.45, 7) is 4.36. The van der Waals surface area contributed by atoms with Gasteiger partial charge in [-0.2, -0.15) is 0 Å². The minimum absolute atomic E-state index is 0.400. The summed E-state index contributed by atoms with van der Waals surface area (Å²) >= 11 is 0. The maximum atomic E-state index is 5.89. The molecular formula is C15H18N2O. The van der Waals surface area contributed by atoms with E-state index in [2.05, 4.69) is 31.1 Å². The Morgan fingerprint density at radius 2 is 2.17 bits per heavy atom. The molecule has 3 nitrogen and oxygen atoms in total. The highest BCUT2D eigenvalue weighted by molar-refractivity contribution is 5.45. The number of aryl methyl sites for hydroxylation is 2. The molecule has 3 heteroatoms. The van der Waals surface area contributed by atoms with Crippen LogP contribution in [0.4, 0.5) is 5.69 Å². The quantitative estimate of drug-likeness (QED) is 0.835. The monoisotopic (exact) mass is 242 g/mol. The summed E-state index contributed by atoms with van der Waals surface area (Å²) in [6, 6.07) is 4.56. The molecule has 0 aliphatic heterocycles. The molecule has 1 aromatic carbocycles. The van der Waals surface area contributed by atoms with Gasteiger partial charge in [0.05, 0.1) is 5.69 Å². The SMILES string of the molecule is Cc1cc(C)c2c(c1)CC(c1nocc1N)CC2. The van der Waals surface area contributed by atoms with Crippen molar-refractivity contribution in [3.63, 3.8) is 0 Å². The molecule has 0 fully saturated rings. The van der Waals surface area contributed by atoms with E-state index in [9.17, 15) is 0 Å². The van der Waals surface area contributed by atoms with Crippen molar-refractivity contribution in [1.82, 2.24) is 5.16 Å². The first-order chi connectivity index (χ1) is 8.65. The molecule has 1 aliphatic rings. The fourth-order valence-electron chi connectivity index (χ4n) is 3.11. The van der Waals surface area contributed by atoms with Crippen LogP contribution in [0.2, 0.25) is 0 Å². The van der Waals surface area contributed by atoms with Crippen molar-refractivity contribution in [2.75, 3.05) is 5.73 Å². The third-order valence-electron chi connectivity index (χ3n) is 3.93. The van der Waals surface area contributed by atoms with Crippen molar-refractivity contribution in [3.8, 4) is 0 Å². The van der Waals surface area contributed by atoms with Gasteiger partial charge in [0.25, 0.3) is 0 Å². The van der Waals surface area contributed by atoms with E-state index in [4.69, 9.17) is 10.3 Å². The van der Waals surface area contributed by atoms with Crippen molar-refractivity contribution in [2.24, 2.45) is 0 Å². The van der Waals surface area contributed by atoms with Gasteiger partial charge in [-0.15, -0.1) is 0 Å². The number of rotatable bonds is 1. The number of nitrogens with two attached hydrogens (primary N) is 1. The largest absolute Gasteiger partial charge is 0.395 e. The van der Waals surface area contributed by atoms with Crippen LogP contribution in [0.3, 0.4) is 0 Å². The Morgan fingerprint density at radius 1 is 1.33 bits per heavy atom. The molecule has 0 bridgehead atoms. The van der Waals surface area contributed by atoms with E-state index in [0.29, 0.717) is 11.6 Å². The van der Waals surface area contributed by atoms with Gasteiger partial charge in [-0.25, -0.2) is 0 Å². The lowest BCUT2D eigenvalue weighted by Gasteiger charge is -2.25. The highest BCUT2D eigenvalue weighted by Gasteiger charge is 2.25. The minimum Gasteiger partial charge on any atom is -0.395 e.